The van der Waals surface area contributed by atoms with Gasteiger partial charge in [-0.05, 0) is 27.2 Å². The number of amides is 1. The number of hydrogen-bond acceptors (Lipinski definition) is 3. The van der Waals surface area contributed by atoms with Crippen LogP contribution in [0.5, 0.6) is 0 Å². The van der Waals surface area contributed by atoms with E-state index in [9.17, 15) is 9.59 Å². The molecule has 0 fully saturated rings. The quantitative estimate of drug-likeness (QED) is 0.534. The van der Waals surface area contributed by atoms with Gasteiger partial charge in [0.2, 0.25) is 5.91 Å². The van der Waals surface area contributed by atoms with Crippen LogP contribution in [0, 0.1) is 0 Å². The van der Waals surface area contributed by atoms with Gasteiger partial charge in [0.15, 0.2) is 0 Å². The van der Waals surface area contributed by atoms with E-state index in [4.69, 9.17) is 4.74 Å². The minimum atomic E-state index is -0.331. The molecule has 0 N–H and O–H groups in total. The lowest BCUT2D eigenvalue weighted by Crippen LogP contribution is -2.29. The number of nitrogens with zero attached hydrogens (tertiary/aromatic N) is 1. The Bertz CT molecular complexity index is 295. The zero-order chi connectivity index (χ0) is 12.7. The lowest BCUT2D eigenvalue weighted by molar-refractivity contribution is -0.138. The van der Waals surface area contributed by atoms with Gasteiger partial charge >= 0.3 is 5.97 Å². The van der Waals surface area contributed by atoms with Crippen LogP contribution < -0.4 is 0 Å². The SMILES string of the molecule is CCOC(=O)/C(CC)=C(/C)N(CC)C(C)=O. The Morgan fingerprint density at radius 2 is 1.69 bits per heavy atom. The molecular formula is C12H21NO3. The average molecular weight is 227 g/mol. The topological polar surface area (TPSA) is 46.6 Å². The van der Waals surface area contributed by atoms with E-state index in [2.05, 4.69) is 0 Å². The van der Waals surface area contributed by atoms with E-state index in [1.165, 1.54) is 6.92 Å². The van der Waals surface area contributed by atoms with Gasteiger partial charge in [-0.25, -0.2) is 4.79 Å². The fourth-order valence-corrected chi connectivity index (χ4v) is 1.63. The van der Waals surface area contributed by atoms with E-state index >= 15 is 0 Å². The summed E-state index contributed by atoms with van der Waals surface area (Å²) in [5.41, 5.74) is 1.26. The van der Waals surface area contributed by atoms with E-state index < -0.39 is 0 Å². The number of allylic oxidation sites excluding steroid dienone is 1. The molecule has 0 aliphatic rings. The number of rotatable bonds is 5. The Morgan fingerprint density at radius 1 is 1.12 bits per heavy atom. The average Bonchev–Trinajstić information content (AvgIpc) is 2.19. The van der Waals surface area contributed by atoms with Crippen LogP contribution in [-0.2, 0) is 14.3 Å². The standard InChI is InChI=1S/C12H21NO3/c1-6-11(12(15)16-8-3)9(4)13(7-2)10(5)14/h6-8H2,1-5H3/b11-9-. The molecule has 0 aliphatic carbocycles. The molecule has 92 valence electrons. The molecule has 4 heteroatoms. The molecule has 0 atom stereocenters. The molecule has 1 amide bonds. The first-order valence-electron chi connectivity index (χ1n) is 5.64. The predicted octanol–water partition coefficient (Wildman–Crippen LogP) is 2.10. The molecule has 0 bridgehead atoms. The van der Waals surface area contributed by atoms with Crippen molar-refractivity contribution in [2.75, 3.05) is 13.2 Å². The number of esters is 1. The van der Waals surface area contributed by atoms with Crippen LogP contribution in [0.2, 0.25) is 0 Å². The molecule has 0 unspecified atom stereocenters. The number of hydrogen-bond donors (Lipinski definition) is 0. The van der Waals surface area contributed by atoms with Crippen molar-refractivity contribution in [3.05, 3.63) is 11.3 Å². The molecule has 0 saturated heterocycles. The number of ether oxygens (including phenoxy) is 1. The van der Waals surface area contributed by atoms with Crippen molar-refractivity contribution in [3.8, 4) is 0 Å². The van der Waals surface area contributed by atoms with E-state index in [1.54, 1.807) is 18.7 Å². The summed E-state index contributed by atoms with van der Waals surface area (Å²) < 4.78 is 4.96. The highest BCUT2D eigenvalue weighted by Gasteiger charge is 2.17. The molecule has 0 aromatic heterocycles. The van der Waals surface area contributed by atoms with Crippen LogP contribution in [0.15, 0.2) is 11.3 Å². The monoisotopic (exact) mass is 227 g/mol. The van der Waals surface area contributed by atoms with Crippen molar-refractivity contribution >= 4 is 11.9 Å². The smallest absolute Gasteiger partial charge is 0.335 e. The fraction of sp³-hybridized carbons (Fsp3) is 0.667. The Labute approximate surface area is 97.3 Å². The zero-order valence-corrected chi connectivity index (χ0v) is 10.8. The van der Waals surface area contributed by atoms with Crippen molar-refractivity contribution in [2.24, 2.45) is 0 Å². The van der Waals surface area contributed by atoms with Gasteiger partial charge in [-0.1, -0.05) is 6.92 Å². The Balaban J connectivity index is 5.12. The van der Waals surface area contributed by atoms with Crippen LogP contribution in [0.4, 0.5) is 0 Å². The number of carbonyl (C=O) groups is 2. The van der Waals surface area contributed by atoms with E-state index in [-0.39, 0.29) is 11.9 Å². The molecule has 0 spiro atoms. The Hall–Kier alpha value is -1.32. The van der Waals surface area contributed by atoms with Gasteiger partial charge in [-0.15, -0.1) is 0 Å². The molecule has 0 aliphatic heterocycles. The first kappa shape index (κ1) is 14.7. The molecule has 0 aromatic rings. The summed E-state index contributed by atoms with van der Waals surface area (Å²) >= 11 is 0. The molecule has 4 nitrogen and oxygen atoms in total. The predicted molar refractivity (Wildman–Crippen MR) is 62.7 cm³/mol. The maximum Gasteiger partial charge on any atom is 0.335 e. The first-order chi connectivity index (χ1) is 7.49. The fourth-order valence-electron chi connectivity index (χ4n) is 1.63. The van der Waals surface area contributed by atoms with Crippen molar-refractivity contribution in [1.82, 2.24) is 4.90 Å². The molecule has 16 heavy (non-hydrogen) atoms. The third kappa shape index (κ3) is 3.68. The van der Waals surface area contributed by atoms with E-state index in [0.717, 1.165) is 0 Å². The summed E-state index contributed by atoms with van der Waals surface area (Å²) in [6, 6.07) is 0. The summed E-state index contributed by atoms with van der Waals surface area (Å²) in [6.07, 6.45) is 0.564. The van der Waals surface area contributed by atoms with Gasteiger partial charge in [0.1, 0.15) is 0 Å². The highest BCUT2D eigenvalue weighted by molar-refractivity contribution is 5.90. The summed E-state index contributed by atoms with van der Waals surface area (Å²) in [7, 11) is 0. The second kappa shape index (κ2) is 7.04. The lowest BCUT2D eigenvalue weighted by Gasteiger charge is -2.22. The number of carbonyl (C=O) groups excluding carboxylic acids is 2. The minimum absolute atomic E-state index is 0.0600. The van der Waals surface area contributed by atoms with Crippen molar-refractivity contribution in [3.63, 3.8) is 0 Å². The van der Waals surface area contributed by atoms with Gasteiger partial charge in [-0.3, -0.25) is 4.79 Å². The van der Waals surface area contributed by atoms with Crippen molar-refractivity contribution in [1.29, 1.82) is 0 Å². The third-order valence-electron chi connectivity index (χ3n) is 2.41. The largest absolute Gasteiger partial charge is 0.463 e. The van der Waals surface area contributed by atoms with E-state index in [1.807, 2.05) is 13.8 Å². The first-order valence-corrected chi connectivity index (χ1v) is 5.64. The normalized spacial score (nSPS) is 11.8. The second-order valence-corrected chi connectivity index (χ2v) is 3.40. The Kier molecular flexibility index (Phi) is 6.46. The minimum Gasteiger partial charge on any atom is -0.463 e. The van der Waals surface area contributed by atoms with Crippen LogP contribution in [-0.4, -0.2) is 29.9 Å². The van der Waals surface area contributed by atoms with Gasteiger partial charge < -0.3 is 9.64 Å². The Morgan fingerprint density at radius 3 is 2.00 bits per heavy atom. The highest BCUT2D eigenvalue weighted by Crippen LogP contribution is 2.15. The summed E-state index contributed by atoms with van der Waals surface area (Å²) in [6.45, 7) is 9.70. The molecule has 0 radical (unpaired) electrons. The van der Waals surface area contributed by atoms with Crippen LogP contribution in [0.1, 0.15) is 41.0 Å². The molecule has 0 heterocycles. The van der Waals surface area contributed by atoms with E-state index in [0.29, 0.717) is 30.8 Å². The van der Waals surface area contributed by atoms with Crippen LogP contribution >= 0.6 is 0 Å². The van der Waals surface area contributed by atoms with Crippen molar-refractivity contribution < 1.29 is 14.3 Å². The summed E-state index contributed by atoms with van der Waals surface area (Å²) in [5.74, 6) is -0.391. The third-order valence-corrected chi connectivity index (χ3v) is 2.41. The highest BCUT2D eigenvalue weighted by atomic mass is 16.5. The molecule has 0 rings (SSSR count). The summed E-state index contributed by atoms with van der Waals surface area (Å²) in [5, 5.41) is 0. The van der Waals surface area contributed by atoms with Gasteiger partial charge in [-0.2, -0.15) is 0 Å². The van der Waals surface area contributed by atoms with Crippen LogP contribution in [0.3, 0.4) is 0 Å². The van der Waals surface area contributed by atoms with Crippen LogP contribution in [0.25, 0.3) is 0 Å². The summed E-state index contributed by atoms with van der Waals surface area (Å²) in [4.78, 5) is 24.6. The maximum atomic E-state index is 11.6. The lowest BCUT2D eigenvalue weighted by atomic mass is 10.1. The molecular weight excluding hydrogens is 206 g/mol. The van der Waals surface area contributed by atoms with Crippen molar-refractivity contribution in [2.45, 2.75) is 41.0 Å². The maximum absolute atomic E-state index is 11.6. The molecule has 0 aromatic carbocycles. The second-order valence-electron chi connectivity index (χ2n) is 3.40. The zero-order valence-electron chi connectivity index (χ0n) is 10.8. The van der Waals surface area contributed by atoms with Gasteiger partial charge in [0.05, 0.1) is 12.2 Å². The molecule has 0 saturated carbocycles. The van der Waals surface area contributed by atoms with Gasteiger partial charge in [0, 0.05) is 19.2 Å². The van der Waals surface area contributed by atoms with Gasteiger partial charge in [0.25, 0.3) is 0 Å².